The van der Waals surface area contributed by atoms with Crippen molar-refractivity contribution in [2.75, 3.05) is 23.4 Å². The Morgan fingerprint density at radius 3 is 2.94 bits per heavy atom. The highest BCUT2D eigenvalue weighted by Gasteiger charge is 2.29. The van der Waals surface area contributed by atoms with Crippen LogP contribution in [0, 0.1) is 0 Å². The third-order valence-electron chi connectivity index (χ3n) is 3.93. The van der Waals surface area contributed by atoms with E-state index < -0.39 is 0 Å². The van der Waals surface area contributed by atoms with Crippen molar-refractivity contribution in [3.63, 3.8) is 0 Å². The Bertz CT molecular complexity index is 427. The molecule has 18 heavy (non-hydrogen) atoms. The standard InChI is InChI=1S/C15H21NOS/c1-15(6-9-18-10-7-15)17-13-4-5-14-12(11-13)3-2-8-16-14/h4-5,11,16H,2-3,6-10H2,1H3. The van der Waals surface area contributed by atoms with Gasteiger partial charge >= 0.3 is 0 Å². The van der Waals surface area contributed by atoms with Crippen LogP contribution in [0.1, 0.15) is 31.7 Å². The quantitative estimate of drug-likeness (QED) is 0.879. The molecule has 98 valence electrons. The van der Waals surface area contributed by atoms with Crippen molar-refractivity contribution in [1.29, 1.82) is 0 Å². The minimum Gasteiger partial charge on any atom is -0.488 e. The number of ether oxygens (including phenoxy) is 1. The first-order valence-corrected chi connectivity index (χ1v) is 8.04. The summed E-state index contributed by atoms with van der Waals surface area (Å²) >= 11 is 2.04. The molecule has 2 aliphatic rings. The number of nitrogens with one attached hydrogen (secondary N) is 1. The second-order valence-electron chi connectivity index (χ2n) is 5.51. The Balaban J connectivity index is 1.76. The highest BCUT2D eigenvalue weighted by molar-refractivity contribution is 7.99. The van der Waals surface area contributed by atoms with Gasteiger partial charge in [-0.1, -0.05) is 0 Å². The molecule has 2 heterocycles. The number of anilines is 1. The Morgan fingerprint density at radius 1 is 1.28 bits per heavy atom. The summed E-state index contributed by atoms with van der Waals surface area (Å²) < 4.78 is 6.27. The van der Waals surface area contributed by atoms with E-state index in [1.165, 1.54) is 35.6 Å². The number of hydrogen-bond donors (Lipinski definition) is 1. The number of rotatable bonds is 2. The number of benzene rings is 1. The number of aryl methyl sites for hydroxylation is 1. The summed E-state index contributed by atoms with van der Waals surface area (Å²) in [6.45, 7) is 3.35. The van der Waals surface area contributed by atoms with Gasteiger partial charge in [-0.2, -0.15) is 11.8 Å². The van der Waals surface area contributed by atoms with Gasteiger partial charge in [0.1, 0.15) is 11.4 Å². The van der Waals surface area contributed by atoms with Crippen LogP contribution in [0.15, 0.2) is 18.2 Å². The molecule has 0 amide bonds. The molecule has 0 unspecified atom stereocenters. The predicted octanol–water partition coefficient (Wildman–Crippen LogP) is 3.71. The van der Waals surface area contributed by atoms with Crippen LogP contribution >= 0.6 is 11.8 Å². The summed E-state index contributed by atoms with van der Waals surface area (Å²) in [5.74, 6) is 3.50. The molecule has 1 N–H and O–H groups in total. The summed E-state index contributed by atoms with van der Waals surface area (Å²) in [4.78, 5) is 0. The van der Waals surface area contributed by atoms with Crippen molar-refractivity contribution in [3.05, 3.63) is 23.8 Å². The molecule has 3 heteroatoms. The molecule has 2 nitrogen and oxygen atoms in total. The van der Waals surface area contributed by atoms with Crippen molar-refractivity contribution in [2.45, 2.75) is 38.2 Å². The smallest absolute Gasteiger partial charge is 0.120 e. The Hall–Kier alpha value is -0.830. The Kier molecular flexibility index (Phi) is 3.42. The zero-order chi connectivity index (χ0) is 12.4. The fourth-order valence-corrected chi connectivity index (χ4v) is 4.06. The lowest BCUT2D eigenvalue weighted by Crippen LogP contribution is -2.36. The highest BCUT2D eigenvalue weighted by Crippen LogP contribution is 2.33. The highest BCUT2D eigenvalue weighted by atomic mass is 32.2. The van der Waals surface area contributed by atoms with Gasteiger partial charge in [0.05, 0.1) is 0 Å². The summed E-state index contributed by atoms with van der Waals surface area (Å²) in [7, 11) is 0. The van der Waals surface area contributed by atoms with E-state index in [0.29, 0.717) is 0 Å². The fourth-order valence-electron chi connectivity index (χ4n) is 2.70. The van der Waals surface area contributed by atoms with Crippen LogP contribution < -0.4 is 10.1 Å². The zero-order valence-electron chi connectivity index (χ0n) is 11.0. The van der Waals surface area contributed by atoms with Crippen LogP contribution in [0.5, 0.6) is 5.75 Å². The molecule has 2 aliphatic heterocycles. The molecule has 0 saturated carbocycles. The van der Waals surface area contributed by atoms with Crippen LogP contribution in [0.25, 0.3) is 0 Å². The normalized spacial score (nSPS) is 21.8. The molecule has 0 aromatic heterocycles. The van der Waals surface area contributed by atoms with E-state index in [9.17, 15) is 0 Å². The van der Waals surface area contributed by atoms with Gasteiger partial charge < -0.3 is 10.1 Å². The van der Waals surface area contributed by atoms with Gasteiger partial charge in [-0.25, -0.2) is 0 Å². The summed E-state index contributed by atoms with van der Waals surface area (Å²) in [6.07, 6.45) is 4.72. The maximum absolute atomic E-state index is 6.27. The molecular formula is C15H21NOS. The first-order chi connectivity index (χ1) is 8.75. The molecule has 1 fully saturated rings. The molecular weight excluding hydrogens is 242 g/mol. The van der Waals surface area contributed by atoms with Crippen LogP contribution in [0.3, 0.4) is 0 Å². The molecule has 0 atom stereocenters. The van der Waals surface area contributed by atoms with E-state index in [1.54, 1.807) is 0 Å². The van der Waals surface area contributed by atoms with Gasteiger partial charge in [0.15, 0.2) is 0 Å². The van der Waals surface area contributed by atoms with E-state index in [1.807, 2.05) is 11.8 Å². The summed E-state index contributed by atoms with van der Waals surface area (Å²) in [5, 5.41) is 3.44. The van der Waals surface area contributed by atoms with Crippen LogP contribution in [0.4, 0.5) is 5.69 Å². The molecule has 1 aromatic rings. The predicted molar refractivity (Wildman–Crippen MR) is 78.8 cm³/mol. The van der Waals surface area contributed by atoms with Gasteiger partial charge in [-0.3, -0.25) is 0 Å². The summed E-state index contributed by atoms with van der Waals surface area (Å²) in [5.41, 5.74) is 2.74. The maximum Gasteiger partial charge on any atom is 0.120 e. The zero-order valence-corrected chi connectivity index (χ0v) is 11.8. The van der Waals surface area contributed by atoms with Crippen molar-refractivity contribution in [1.82, 2.24) is 0 Å². The molecule has 0 bridgehead atoms. The van der Waals surface area contributed by atoms with E-state index >= 15 is 0 Å². The average molecular weight is 263 g/mol. The third kappa shape index (κ3) is 2.61. The fraction of sp³-hybridized carbons (Fsp3) is 0.600. The second-order valence-corrected chi connectivity index (χ2v) is 6.74. The first-order valence-electron chi connectivity index (χ1n) is 6.89. The average Bonchev–Trinajstić information content (AvgIpc) is 2.39. The van der Waals surface area contributed by atoms with Crippen molar-refractivity contribution in [2.24, 2.45) is 0 Å². The number of fused-ring (bicyclic) bond motifs is 1. The van der Waals surface area contributed by atoms with Gasteiger partial charge in [0.25, 0.3) is 0 Å². The molecule has 0 radical (unpaired) electrons. The largest absolute Gasteiger partial charge is 0.488 e. The lowest BCUT2D eigenvalue weighted by Gasteiger charge is -2.34. The van der Waals surface area contributed by atoms with Crippen LogP contribution in [-0.4, -0.2) is 23.7 Å². The van der Waals surface area contributed by atoms with Crippen molar-refractivity contribution in [3.8, 4) is 5.75 Å². The topological polar surface area (TPSA) is 21.3 Å². The summed E-state index contributed by atoms with van der Waals surface area (Å²) in [6, 6.07) is 6.52. The van der Waals surface area contributed by atoms with E-state index in [4.69, 9.17) is 4.74 Å². The Morgan fingerprint density at radius 2 is 2.11 bits per heavy atom. The molecule has 3 rings (SSSR count). The van der Waals surface area contributed by atoms with Gasteiger partial charge in [-0.15, -0.1) is 0 Å². The minimum absolute atomic E-state index is 0.0432. The third-order valence-corrected chi connectivity index (χ3v) is 4.92. The van der Waals surface area contributed by atoms with Gasteiger partial charge in [-0.05, 0) is 67.9 Å². The maximum atomic E-state index is 6.27. The van der Waals surface area contributed by atoms with Crippen molar-refractivity contribution < 1.29 is 4.74 Å². The molecule has 0 spiro atoms. The van der Waals surface area contributed by atoms with Crippen LogP contribution in [-0.2, 0) is 6.42 Å². The first kappa shape index (κ1) is 12.2. The lowest BCUT2D eigenvalue weighted by molar-refractivity contribution is 0.0799. The molecule has 1 saturated heterocycles. The molecule has 1 aromatic carbocycles. The van der Waals surface area contributed by atoms with E-state index in [-0.39, 0.29) is 5.60 Å². The van der Waals surface area contributed by atoms with E-state index in [2.05, 4.69) is 30.4 Å². The van der Waals surface area contributed by atoms with Crippen LogP contribution in [0.2, 0.25) is 0 Å². The van der Waals surface area contributed by atoms with E-state index in [0.717, 1.165) is 25.1 Å². The number of thioether (sulfide) groups is 1. The van der Waals surface area contributed by atoms with Gasteiger partial charge in [0.2, 0.25) is 0 Å². The van der Waals surface area contributed by atoms with Gasteiger partial charge in [0, 0.05) is 12.2 Å². The number of hydrogen-bond acceptors (Lipinski definition) is 3. The van der Waals surface area contributed by atoms with Crippen molar-refractivity contribution >= 4 is 17.4 Å². The second kappa shape index (κ2) is 5.04. The molecule has 0 aliphatic carbocycles. The SMILES string of the molecule is CC1(Oc2ccc3c(c2)CCCN3)CCSCC1. The Labute approximate surface area is 113 Å². The minimum atomic E-state index is 0.0432. The lowest BCUT2D eigenvalue weighted by atomic mass is 9.98. The monoisotopic (exact) mass is 263 g/mol.